The van der Waals surface area contributed by atoms with Crippen molar-refractivity contribution in [1.82, 2.24) is 0 Å². The Hall–Kier alpha value is -0.630. The summed E-state index contributed by atoms with van der Waals surface area (Å²) in [6.07, 6.45) is 0. The molecule has 2 N–H and O–H groups in total. The van der Waals surface area contributed by atoms with Gasteiger partial charge in [0.15, 0.2) is 0 Å². The highest BCUT2D eigenvalue weighted by molar-refractivity contribution is 7.60. The summed E-state index contributed by atoms with van der Waals surface area (Å²) in [6, 6.07) is 5.28. The molecule has 4 heteroatoms. The van der Waals surface area contributed by atoms with E-state index in [1.54, 1.807) is 12.1 Å². The van der Waals surface area contributed by atoms with Crippen molar-refractivity contribution >= 4 is 12.9 Å². The van der Waals surface area contributed by atoms with Crippen LogP contribution in [0.2, 0.25) is 0 Å². The SMILES string of the molecule is CC(C)(C)c1cc(C(C)(C)C)cc(P(=O)(O)O)c1. The summed E-state index contributed by atoms with van der Waals surface area (Å²) in [5.41, 5.74) is 1.64. The fourth-order valence-corrected chi connectivity index (χ4v) is 2.26. The molecule has 1 rings (SSSR count). The lowest BCUT2D eigenvalue weighted by atomic mass is 9.81. The normalized spacial score (nSPS) is 13.8. The molecule has 0 saturated carbocycles. The van der Waals surface area contributed by atoms with E-state index in [0.717, 1.165) is 11.1 Å². The van der Waals surface area contributed by atoms with Crippen LogP contribution in [0.5, 0.6) is 0 Å². The van der Waals surface area contributed by atoms with E-state index in [4.69, 9.17) is 0 Å². The van der Waals surface area contributed by atoms with E-state index in [1.165, 1.54) is 0 Å². The minimum Gasteiger partial charge on any atom is -0.321 e. The zero-order valence-corrected chi connectivity index (χ0v) is 12.9. The van der Waals surface area contributed by atoms with E-state index in [-0.39, 0.29) is 16.1 Å². The van der Waals surface area contributed by atoms with E-state index in [9.17, 15) is 14.4 Å². The number of hydrogen-bond donors (Lipinski definition) is 2. The fraction of sp³-hybridized carbons (Fsp3) is 0.571. The highest BCUT2D eigenvalue weighted by atomic mass is 31.2. The summed E-state index contributed by atoms with van der Waals surface area (Å²) < 4.78 is 11.5. The number of benzene rings is 1. The molecule has 0 aliphatic carbocycles. The molecule has 102 valence electrons. The quantitative estimate of drug-likeness (QED) is 0.771. The molecule has 0 saturated heterocycles. The van der Waals surface area contributed by atoms with Gasteiger partial charge in [0.05, 0.1) is 5.30 Å². The predicted octanol–water partition coefficient (Wildman–Crippen LogP) is 3.08. The van der Waals surface area contributed by atoms with Gasteiger partial charge in [-0.05, 0) is 34.1 Å². The summed E-state index contributed by atoms with van der Waals surface area (Å²) in [7, 11) is -4.21. The largest absolute Gasteiger partial charge is 0.356 e. The molecule has 0 heterocycles. The van der Waals surface area contributed by atoms with Gasteiger partial charge in [0.1, 0.15) is 0 Å². The van der Waals surface area contributed by atoms with Crippen LogP contribution in [0.25, 0.3) is 0 Å². The standard InChI is InChI=1S/C14H23O3P/c1-13(2,3)10-7-11(14(4,5)6)9-12(8-10)18(15,16)17/h7-9H,1-6H3,(H2,15,16,17). The predicted molar refractivity (Wildman–Crippen MR) is 75.5 cm³/mol. The Kier molecular flexibility index (Phi) is 3.84. The van der Waals surface area contributed by atoms with Crippen LogP contribution in [0.1, 0.15) is 52.7 Å². The second kappa shape index (κ2) is 4.48. The molecular formula is C14H23O3P. The van der Waals surface area contributed by atoms with Crippen LogP contribution in [0, 0.1) is 0 Å². The Morgan fingerprint density at radius 2 is 1.17 bits per heavy atom. The minimum atomic E-state index is -4.21. The zero-order chi connectivity index (χ0) is 14.4. The number of rotatable bonds is 1. The van der Waals surface area contributed by atoms with E-state index in [2.05, 4.69) is 0 Å². The molecule has 18 heavy (non-hydrogen) atoms. The molecule has 0 amide bonds. The molecule has 0 aliphatic rings. The van der Waals surface area contributed by atoms with Gasteiger partial charge in [0, 0.05) is 0 Å². The third-order valence-electron chi connectivity index (χ3n) is 2.99. The molecule has 1 aromatic rings. The van der Waals surface area contributed by atoms with Crippen LogP contribution in [-0.2, 0) is 15.4 Å². The van der Waals surface area contributed by atoms with Gasteiger partial charge in [-0.1, -0.05) is 47.6 Å². The molecule has 0 radical (unpaired) electrons. The lowest BCUT2D eigenvalue weighted by Gasteiger charge is -2.26. The molecule has 0 unspecified atom stereocenters. The van der Waals surface area contributed by atoms with Crippen molar-refractivity contribution in [2.24, 2.45) is 0 Å². The zero-order valence-electron chi connectivity index (χ0n) is 12.0. The van der Waals surface area contributed by atoms with Gasteiger partial charge < -0.3 is 9.79 Å². The summed E-state index contributed by atoms with van der Waals surface area (Å²) in [6.45, 7) is 12.2. The van der Waals surface area contributed by atoms with Gasteiger partial charge in [-0.15, -0.1) is 0 Å². The molecule has 1 aromatic carbocycles. The third kappa shape index (κ3) is 3.68. The van der Waals surface area contributed by atoms with E-state index in [1.807, 2.05) is 47.6 Å². The van der Waals surface area contributed by atoms with Crippen LogP contribution in [0.15, 0.2) is 18.2 Å². The second-order valence-electron chi connectivity index (χ2n) is 6.81. The first kappa shape index (κ1) is 15.4. The highest BCUT2D eigenvalue weighted by Gasteiger charge is 2.25. The third-order valence-corrected chi connectivity index (χ3v) is 3.92. The molecular weight excluding hydrogens is 247 g/mol. The maximum absolute atomic E-state index is 11.5. The average Bonchev–Trinajstić information content (AvgIpc) is 2.13. The van der Waals surface area contributed by atoms with Gasteiger partial charge in [0.25, 0.3) is 0 Å². The first-order valence-corrected chi connectivity index (χ1v) is 7.65. The Morgan fingerprint density at radius 1 is 0.833 bits per heavy atom. The molecule has 0 atom stereocenters. The van der Waals surface area contributed by atoms with E-state index in [0.29, 0.717) is 0 Å². The smallest absolute Gasteiger partial charge is 0.321 e. The van der Waals surface area contributed by atoms with Gasteiger partial charge in [-0.3, -0.25) is 4.57 Å². The summed E-state index contributed by atoms with van der Waals surface area (Å²) in [5.74, 6) is 0. The first-order valence-electron chi connectivity index (χ1n) is 6.04. The topological polar surface area (TPSA) is 57.5 Å². The van der Waals surface area contributed by atoms with Crippen LogP contribution in [0.3, 0.4) is 0 Å². The average molecular weight is 270 g/mol. The van der Waals surface area contributed by atoms with Crippen molar-refractivity contribution in [2.75, 3.05) is 0 Å². The van der Waals surface area contributed by atoms with Crippen molar-refractivity contribution < 1.29 is 14.4 Å². The minimum absolute atomic E-state index is 0.111. The van der Waals surface area contributed by atoms with E-state index < -0.39 is 7.60 Å². The molecule has 0 fully saturated rings. The van der Waals surface area contributed by atoms with Crippen LogP contribution in [0.4, 0.5) is 0 Å². The number of hydrogen-bond acceptors (Lipinski definition) is 1. The van der Waals surface area contributed by atoms with E-state index >= 15 is 0 Å². The van der Waals surface area contributed by atoms with Gasteiger partial charge in [-0.2, -0.15) is 0 Å². The van der Waals surface area contributed by atoms with Crippen LogP contribution < -0.4 is 5.30 Å². The maximum Gasteiger partial charge on any atom is 0.356 e. The van der Waals surface area contributed by atoms with Crippen molar-refractivity contribution in [3.8, 4) is 0 Å². The van der Waals surface area contributed by atoms with Crippen LogP contribution in [-0.4, -0.2) is 9.79 Å². The van der Waals surface area contributed by atoms with Crippen molar-refractivity contribution in [3.05, 3.63) is 29.3 Å². The van der Waals surface area contributed by atoms with Crippen molar-refractivity contribution in [2.45, 2.75) is 52.4 Å². The second-order valence-corrected chi connectivity index (χ2v) is 8.42. The van der Waals surface area contributed by atoms with Crippen molar-refractivity contribution in [1.29, 1.82) is 0 Å². The van der Waals surface area contributed by atoms with Gasteiger partial charge in [0.2, 0.25) is 0 Å². The molecule has 3 nitrogen and oxygen atoms in total. The lowest BCUT2D eigenvalue weighted by molar-refractivity contribution is 0.387. The molecule has 0 bridgehead atoms. The Bertz CT molecular complexity index is 454. The highest BCUT2D eigenvalue weighted by Crippen LogP contribution is 2.37. The molecule has 0 aliphatic heterocycles. The Labute approximate surface area is 109 Å². The molecule has 0 aromatic heterocycles. The lowest BCUT2D eigenvalue weighted by Crippen LogP contribution is -2.20. The molecule has 0 spiro atoms. The van der Waals surface area contributed by atoms with Gasteiger partial charge in [-0.25, -0.2) is 0 Å². The summed E-state index contributed by atoms with van der Waals surface area (Å²) in [4.78, 5) is 18.8. The summed E-state index contributed by atoms with van der Waals surface area (Å²) >= 11 is 0. The Balaban J connectivity index is 3.54. The van der Waals surface area contributed by atoms with Gasteiger partial charge >= 0.3 is 7.60 Å². The monoisotopic (exact) mass is 270 g/mol. The Morgan fingerprint density at radius 3 is 1.39 bits per heavy atom. The first-order chi connectivity index (χ1) is 7.82. The fourth-order valence-electron chi connectivity index (χ4n) is 1.65. The van der Waals surface area contributed by atoms with Crippen LogP contribution >= 0.6 is 7.60 Å². The summed E-state index contributed by atoms with van der Waals surface area (Å²) in [5, 5.41) is 0.111. The maximum atomic E-state index is 11.5. The van der Waals surface area contributed by atoms with Crippen molar-refractivity contribution in [3.63, 3.8) is 0 Å².